The first-order valence-corrected chi connectivity index (χ1v) is 8.42. The summed E-state index contributed by atoms with van der Waals surface area (Å²) >= 11 is 0. The van der Waals surface area contributed by atoms with E-state index in [1.165, 1.54) is 6.07 Å². The Kier molecular flexibility index (Phi) is 3.52. The molecule has 122 valence electrons. The highest BCUT2D eigenvalue weighted by molar-refractivity contribution is 7.92. The molecule has 0 aliphatic carbocycles. The van der Waals surface area contributed by atoms with E-state index in [4.69, 9.17) is 4.74 Å². The number of carbonyl (C=O) groups is 1. The Morgan fingerprint density at radius 1 is 1.30 bits per heavy atom. The van der Waals surface area contributed by atoms with Crippen LogP contribution in [0.4, 0.5) is 11.4 Å². The SMILES string of the molecule is Cc1n[nH]c(C)c1S(=O)(=O)Nc1ccc2c(c1)NC(=O)C(C)O2. The van der Waals surface area contributed by atoms with Gasteiger partial charge >= 0.3 is 0 Å². The molecule has 1 aliphatic rings. The monoisotopic (exact) mass is 336 g/mol. The number of aromatic nitrogens is 2. The normalized spacial score (nSPS) is 17.2. The van der Waals surface area contributed by atoms with Gasteiger partial charge in [0.25, 0.3) is 15.9 Å². The van der Waals surface area contributed by atoms with Gasteiger partial charge < -0.3 is 10.1 Å². The van der Waals surface area contributed by atoms with Crippen LogP contribution >= 0.6 is 0 Å². The predicted octanol–water partition coefficient (Wildman–Crippen LogP) is 1.55. The van der Waals surface area contributed by atoms with Crippen molar-refractivity contribution in [3.63, 3.8) is 0 Å². The third-order valence-corrected chi connectivity index (χ3v) is 5.14. The summed E-state index contributed by atoms with van der Waals surface area (Å²) in [7, 11) is -3.78. The van der Waals surface area contributed by atoms with Crippen LogP contribution in [0.5, 0.6) is 5.75 Å². The summed E-state index contributed by atoms with van der Waals surface area (Å²) in [5.41, 5.74) is 1.59. The summed E-state index contributed by atoms with van der Waals surface area (Å²) in [4.78, 5) is 11.8. The first-order valence-electron chi connectivity index (χ1n) is 6.94. The maximum absolute atomic E-state index is 12.5. The zero-order valence-electron chi connectivity index (χ0n) is 12.8. The lowest BCUT2D eigenvalue weighted by Gasteiger charge is -2.23. The van der Waals surface area contributed by atoms with Gasteiger partial charge in [-0.05, 0) is 39.0 Å². The smallest absolute Gasteiger partial charge is 0.265 e. The maximum Gasteiger partial charge on any atom is 0.265 e. The predicted molar refractivity (Wildman–Crippen MR) is 84.0 cm³/mol. The van der Waals surface area contributed by atoms with Crippen LogP contribution in [-0.2, 0) is 14.8 Å². The molecule has 3 N–H and O–H groups in total. The van der Waals surface area contributed by atoms with Crippen LogP contribution in [0.1, 0.15) is 18.3 Å². The number of amides is 1. The van der Waals surface area contributed by atoms with E-state index >= 15 is 0 Å². The van der Waals surface area contributed by atoms with Gasteiger partial charge in [-0.15, -0.1) is 0 Å². The number of benzene rings is 1. The van der Waals surface area contributed by atoms with E-state index in [1.54, 1.807) is 32.9 Å². The molecule has 1 aromatic carbocycles. The minimum atomic E-state index is -3.78. The van der Waals surface area contributed by atoms with Crippen LogP contribution in [0.25, 0.3) is 0 Å². The second-order valence-electron chi connectivity index (χ2n) is 5.33. The van der Waals surface area contributed by atoms with Gasteiger partial charge in [0, 0.05) is 0 Å². The van der Waals surface area contributed by atoms with E-state index in [9.17, 15) is 13.2 Å². The fourth-order valence-corrected chi connectivity index (χ4v) is 3.84. The summed E-state index contributed by atoms with van der Waals surface area (Å²) in [6, 6.07) is 4.70. The number of sulfonamides is 1. The second-order valence-corrected chi connectivity index (χ2v) is 6.95. The van der Waals surface area contributed by atoms with E-state index < -0.39 is 16.1 Å². The van der Waals surface area contributed by atoms with Crippen molar-refractivity contribution in [2.75, 3.05) is 10.0 Å². The minimum Gasteiger partial charge on any atom is -0.479 e. The molecule has 23 heavy (non-hydrogen) atoms. The topological polar surface area (TPSA) is 113 Å². The van der Waals surface area contributed by atoms with Crippen LogP contribution < -0.4 is 14.8 Å². The summed E-state index contributed by atoms with van der Waals surface area (Å²) in [6.45, 7) is 4.89. The number of H-pyrrole nitrogens is 1. The Morgan fingerprint density at radius 2 is 2.04 bits per heavy atom. The number of fused-ring (bicyclic) bond motifs is 1. The number of aromatic amines is 1. The van der Waals surface area contributed by atoms with Gasteiger partial charge in [-0.25, -0.2) is 8.42 Å². The van der Waals surface area contributed by atoms with E-state index in [0.717, 1.165) is 0 Å². The van der Waals surface area contributed by atoms with Gasteiger partial charge in [-0.3, -0.25) is 14.6 Å². The van der Waals surface area contributed by atoms with E-state index in [1.807, 2.05) is 0 Å². The lowest BCUT2D eigenvalue weighted by molar-refractivity contribution is -0.122. The molecule has 1 unspecified atom stereocenters. The molecule has 0 bridgehead atoms. The molecule has 1 amide bonds. The molecule has 0 saturated heterocycles. The molecular formula is C14H16N4O4S. The molecule has 0 fully saturated rings. The minimum absolute atomic E-state index is 0.115. The highest BCUT2D eigenvalue weighted by Crippen LogP contribution is 2.33. The molecule has 0 radical (unpaired) electrons. The average molecular weight is 336 g/mol. The molecule has 2 heterocycles. The highest BCUT2D eigenvalue weighted by Gasteiger charge is 2.26. The molecule has 0 saturated carbocycles. The van der Waals surface area contributed by atoms with Crippen molar-refractivity contribution in [1.29, 1.82) is 0 Å². The zero-order chi connectivity index (χ0) is 16.8. The third kappa shape index (κ3) is 2.74. The highest BCUT2D eigenvalue weighted by atomic mass is 32.2. The largest absolute Gasteiger partial charge is 0.479 e. The van der Waals surface area contributed by atoms with Gasteiger partial charge in [0.05, 0.1) is 22.8 Å². The van der Waals surface area contributed by atoms with Crippen molar-refractivity contribution < 1.29 is 17.9 Å². The van der Waals surface area contributed by atoms with E-state index in [-0.39, 0.29) is 10.8 Å². The molecule has 9 heteroatoms. The van der Waals surface area contributed by atoms with Crippen molar-refractivity contribution in [3.8, 4) is 5.75 Å². The number of carbonyl (C=O) groups excluding carboxylic acids is 1. The van der Waals surface area contributed by atoms with Crippen molar-refractivity contribution in [2.24, 2.45) is 0 Å². The number of ether oxygens (including phenoxy) is 1. The standard InChI is InChI=1S/C14H16N4O4S/c1-7-13(8(2)17-16-7)23(20,21)18-10-4-5-12-11(6-10)15-14(19)9(3)22-12/h4-6,9,18H,1-3H3,(H,15,19)(H,16,17). The van der Waals surface area contributed by atoms with Crippen molar-refractivity contribution >= 4 is 27.3 Å². The van der Waals surface area contributed by atoms with E-state index in [0.29, 0.717) is 28.5 Å². The molecule has 0 spiro atoms. The Hall–Kier alpha value is -2.55. The molecular weight excluding hydrogens is 320 g/mol. The summed E-state index contributed by atoms with van der Waals surface area (Å²) in [5, 5.41) is 9.21. The van der Waals surface area contributed by atoms with Crippen LogP contribution in [-0.4, -0.2) is 30.6 Å². The molecule has 1 atom stereocenters. The van der Waals surface area contributed by atoms with Crippen LogP contribution in [0, 0.1) is 13.8 Å². The summed E-state index contributed by atoms with van der Waals surface area (Å²) < 4.78 is 32.9. The van der Waals surface area contributed by atoms with Crippen LogP contribution in [0.2, 0.25) is 0 Å². The Labute approximate surface area is 133 Å². The fraction of sp³-hybridized carbons (Fsp3) is 0.286. The number of anilines is 2. The van der Waals surface area contributed by atoms with Crippen LogP contribution in [0.15, 0.2) is 23.1 Å². The average Bonchev–Trinajstić information content (AvgIpc) is 2.80. The van der Waals surface area contributed by atoms with Crippen molar-refractivity contribution in [2.45, 2.75) is 31.8 Å². The van der Waals surface area contributed by atoms with Gasteiger partial charge in [0.2, 0.25) is 0 Å². The maximum atomic E-state index is 12.5. The Morgan fingerprint density at radius 3 is 2.70 bits per heavy atom. The molecule has 1 aliphatic heterocycles. The number of nitrogens with zero attached hydrogens (tertiary/aromatic N) is 1. The second kappa shape index (κ2) is 5.27. The number of hydrogen-bond acceptors (Lipinski definition) is 5. The quantitative estimate of drug-likeness (QED) is 0.787. The number of nitrogens with one attached hydrogen (secondary N) is 3. The van der Waals surface area contributed by atoms with Crippen molar-refractivity contribution in [1.82, 2.24) is 10.2 Å². The molecule has 2 aromatic rings. The van der Waals surface area contributed by atoms with Crippen LogP contribution in [0.3, 0.4) is 0 Å². The van der Waals surface area contributed by atoms with E-state index in [2.05, 4.69) is 20.2 Å². The van der Waals surface area contributed by atoms with Gasteiger partial charge in [-0.1, -0.05) is 0 Å². The lowest BCUT2D eigenvalue weighted by Crippen LogP contribution is -2.34. The fourth-order valence-electron chi connectivity index (χ4n) is 2.42. The molecule has 8 nitrogen and oxygen atoms in total. The Bertz CT molecular complexity index is 869. The number of aryl methyl sites for hydroxylation is 2. The summed E-state index contributed by atoms with van der Waals surface area (Å²) in [6.07, 6.45) is -0.582. The van der Waals surface area contributed by atoms with Gasteiger partial charge in [0.1, 0.15) is 10.6 Å². The summed E-state index contributed by atoms with van der Waals surface area (Å²) in [5.74, 6) is 0.217. The van der Waals surface area contributed by atoms with Gasteiger partial charge in [0.15, 0.2) is 6.10 Å². The first kappa shape index (κ1) is 15.3. The lowest BCUT2D eigenvalue weighted by atomic mass is 10.2. The number of hydrogen-bond donors (Lipinski definition) is 3. The molecule has 1 aromatic heterocycles. The van der Waals surface area contributed by atoms with Crippen molar-refractivity contribution in [3.05, 3.63) is 29.6 Å². The third-order valence-electron chi connectivity index (χ3n) is 3.49. The van der Waals surface area contributed by atoms with Gasteiger partial charge in [-0.2, -0.15) is 5.10 Å². The zero-order valence-corrected chi connectivity index (χ0v) is 13.6. The molecule has 3 rings (SSSR count). The first-order chi connectivity index (χ1) is 10.8. The number of rotatable bonds is 3. The Balaban J connectivity index is 1.92.